The molecule has 0 bridgehead atoms. The Labute approximate surface area is 140 Å². The Morgan fingerprint density at radius 2 is 1.92 bits per heavy atom. The first kappa shape index (κ1) is 17.0. The van der Waals surface area contributed by atoms with Crippen molar-refractivity contribution in [2.45, 2.75) is 46.6 Å². The van der Waals surface area contributed by atoms with Crippen LogP contribution < -0.4 is 10.3 Å². The third kappa shape index (κ3) is 2.93. The highest BCUT2D eigenvalue weighted by atomic mass is 19.1. The van der Waals surface area contributed by atoms with E-state index in [9.17, 15) is 14.3 Å². The Balaban J connectivity index is 2.17. The van der Waals surface area contributed by atoms with Crippen molar-refractivity contribution in [2.24, 2.45) is 5.41 Å². The van der Waals surface area contributed by atoms with Crippen LogP contribution in [0, 0.1) is 18.2 Å². The maximum atomic E-state index is 13.8. The van der Waals surface area contributed by atoms with Crippen LogP contribution in [0.25, 0.3) is 11.0 Å². The van der Waals surface area contributed by atoms with Crippen molar-refractivity contribution in [3.63, 3.8) is 0 Å². The van der Waals surface area contributed by atoms with E-state index in [0.717, 1.165) is 25.9 Å². The number of anilines is 1. The topological polar surface area (TPSA) is 53.7 Å². The van der Waals surface area contributed by atoms with Gasteiger partial charge in [-0.25, -0.2) is 4.39 Å². The van der Waals surface area contributed by atoms with Gasteiger partial charge in [0.15, 0.2) is 5.43 Å². The standard InChI is InChI=1S/C19H24FNO3/c1-11-16(23)15-10-13(20)9-14(12(2)22)17(15)24-18(11)21-7-5-19(3,4)6-8-21/h9-10,12,22H,5-8H2,1-4H3. The molecule has 1 aliphatic heterocycles. The summed E-state index contributed by atoms with van der Waals surface area (Å²) in [6.45, 7) is 9.36. The van der Waals surface area contributed by atoms with Crippen molar-refractivity contribution < 1.29 is 13.9 Å². The van der Waals surface area contributed by atoms with E-state index in [4.69, 9.17) is 4.42 Å². The minimum Gasteiger partial charge on any atom is -0.440 e. The van der Waals surface area contributed by atoms with Gasteiger partial charge in [-0.15, -0.1) is 0 Å². The Hall–Kier alpha value is -1.88. The molecule has 1 N–H and O–H groups in total. The van der Waals surface area contributed by atoms with Gasteiger partial charge in [0.2, 0.25) is 5.88 Å². The second-order valence-electron chi connectivity index (χ2n) is 7.56. The Bertz CT molecular complexity index is 829. The largest absolute Gasteiger partial charge is 0.440 e. The highest BCUT2D eigenvalue weighted by molar-refractivity contribution is 5.82. The van der Waals surface area contributed by atoms with Gasteiger partial charge in [0.1, 0.15) is 11.4 Å². The molecule has 0 spiro atoms. The highest BCUT2D eigenvalue weighted by Gasteiger charge is 2.28. The van der Waals surface area contributed by atoms with Crippen molar-refractivity contribution in [3.8, 4) is 0 Å². The van der Waals surface area contributed by atoms with Gasteiger partial charge < -0.3 is 14.4 Å². The first-order valence-electron chi connectivity index (χ1n) is 8.39. The molecule has 0 aliphatic carbocycles. The zero-order chi connectivity index (χ0) is 17.6. The number of hydrogen-bond donors (Lipinski definition) is 1. The maximum absolute atomic E-state index is 13.8. The molecule has 1 aliphatic rings. The highest BCUT2D eigenvalue weighted by Crippen LogP contribution is 2.35. The van der Waals surface area contributed by atoms with E-state index in [-0.39, 0.29) is 21.8 Å². The number of fused-ring (bicyclic) bond motifs is 1. The molecule has 1 unspecified atom stereocenters. The van der Waals surface area contributed by atoms with Gasteiger partial charge in [-0.05, 0) is 44.2 Å². The van der Waals surface area contributed by atoms with Crippen molar-refractivity contribution in [1.82, 2.24) is 0 Å². The quantitative estimate of drug-likeness (QED) is 0.905. The summed E-state index contributed by atoms with van der Waals surface area (Å²) in [4.78, 5) is 14.8. The van der Waals surface area contributed by atoms with Crippen molar-refractivity contribution in [1.29, 1.82) is 0 Å². The van der Waals surface area contributed by atoms with E-state index < -0.39 is 11.9 Å². The lowest BCUT2D eigenvalue weighted by Gasteiger charge is -2.37. The molecule has 1 aromatic heterocycles. The monoisotopic (exact) mass is 333 g/mol. The Kier molecular flexibility index (Phi) is 4.16. The zero-order valence-electron chi connectivity index (χ0n) is 14.6. The van der Waals surface area contributed by atoms with Crippen LogP contribution >= 0.6 is 0 Å². The van der Waals surface area contributed by atoms with Crippen LogP contribution in [-0.4, -0.2) is 18.2 Å². The summed E-state index contributed by atoms with van der Waals surface area (Å²) in [6.07, 6.45) is 1.11. The van der Waals surface area contributed by atoms with Gasteiger partial charge in [-0.3, -0.25) is 4.79 Å². The van der Waals surface area contributed by atoms with Gasteiger partial charge in [0.05, 0.1) is 17.1 Å². The third-order valence-corrected chi connectivity index (χ3v) is 5.04. The second kappa shape index (κ2) is 5.88. The molecule has 130 valence electrons. The smallest absolute Gasteiger partial charge is 0.202 e. The van der Waals surface area contributed by atoms with Crippen molar-refractivity contribution >= 4 is 16.9 Å². The number of rotatable bonds is 2. The molecular weight excluding hydrogens is 309 g/mol. The molecule has 0 amide bonds. The minimum atomic E-state index is -0.915. The van der Waals surface area contributed by atoms with Crippen molar-refractivity contribution in [2.75, 3.05) is 18.0 Å². The fourth-order valence-electron chi connectivity index (χ4n) is 3.30. The number of aliphatic hydroxyl groups is 1. The molecular formula is C19H24FNO3. The van der Waals surface area contributed by atoms with Gasteiger partial charge in [-0.2, -0.15) is 0 Å². The molecule has 2 aromatic rings. The van der Waals surface area contributed by atoms with Crippen LogP contribution in [0.4, 0.5) is 10.3 Å². The van der Waals surface area contributed by atoms with Gasteiger partial charge in [-0.1, -0.05) is 13.8 Å². The molecule has 1 aromatic carbocycles. The summed E-state index contributed by atoms with van der Waals surface area (Å²) in [6, 6.07) is 2.41. The van der Waals surface area contributed by atoms with E-state index in [1.165, 1.54) is 19.1 Å². The summed E-state index contributed by atoms with van der Waals surface area (Å²) in [5.74, 6) is -0.00548. The summed E-state index contributed by atoms with van der Waals surface area (Å²) in [7, 11) is 0. The summed E-state index contributed by atoms with van der Waals surface area (Å²) in [5, 5.41) is 10.1. The fourth-order valence-corrected chi connectivity index (χ4v) is 3.30. The van der Waals surface area contributed by atoms with Gasteiger partial charge in [0, 0.05) is 18.7 Å². The average molecular weight is 333 g/mol. The van der Waals surface area contributed by atoms with Crippen LogP contribution in [0.5, 0.6) is 0 Å². The molecule has 4 nitrogen and oxygen atoms in total. The molecule has 1 atom stereocenters. The Morgan fingerprint density at radius 1 is 1.29 bits per heavy atom. The molecule has 3 rings (SSSR count). The number of benzene rings is 1. The third-order valence-electron chi connectivity index (χ3n) is 5.04. The number of halogens is 1. The summed E-state index contributed by atoms with van der Waals surface area (Å²) >= 11 is 0. The van der Waals surface area contributed by atoms with Gasteiger partial charge >= 0.3 is 0 Å². The normalized spacial score (nSPS) is 18.8. The molecule has 2 heterocycles. The van der Waals surface area contributed by atoms with Crippen LogP contribution in [0.15, 0.2) is 21.3 Å². The van der Waals surface area contributed by atoms with Crippen molar-refractivity contribution in [3.05, 3.63) is 39.3 Å². The lowest BCUT2D eigenvalue weighted by Crippen LogP contribution is -2.38. The lowest BCUT2D eigenvalue weighted by molar-refractivity contribution is 0.199. The van der Waals surface area contributed by atoms with Crippen LogP contribution in [0.1, 0.15) is 50.8 Å². The Morgan fingerprint density at radius 3 is 2.50 bits per heavy atom. The van der Waals surface area contributed by atoms with E-state index in [1.54, 1.807) is 6.92 Å². The van der Waals surface area contributed by atoms with E-state index in [1.807, 2.05) is 0 Å². The van der Waals surface area contributed by atoms with Gasteiger partial charge in [0.25, 0.3) is 0 Å². The number of aliphatic hydroxyl groups excluding tert-OH is 1. The molecule has 5 heteroatoms. The molecule has 0 radical (unpaired) electrons. The first-order chi connectivity index (χ1) is 11.2. The van der Waals surface area contributed by atoms with E-state index in [0.29, 0.717) is 17.0 Å². The molecule has 1 fully saturated rings. The second-order valence-corrected chi connectivity index (χ2v) is 7.56. The number of piperidine rings is 1. The molecule has 1 saturated heterocycles. The van der Waals surface area contributed by atoms with Crippen LogP contribution in [0.3, 0.4) is 0 Å². The maximum Gasteiger partial charge on any atom is 0.202 e. The average Bonchev–Trinajstić information content (AvgIpc) is 2.51. The first-order valence-corrected chi connectivity index (χ1v) is 8.39. The van der Waals surface area contributed by atoms with Crippen LogP contribution in [0.2, 0.25) is 0 Å². The van der Waals surface area contributed by atoms with Crippen LogP contribution in [-0.2, 0) is 0 Å². The number of nitrogens with zero attached hydrogens (tertiary/aromatic N) is 1. The van der Waals surface area contributed by atoms with E-state index in [2.05, 4.69) is 18.7 Å². The summed E-state index contributed by atoms with van der Waals surface area (Å²) in [5.41, 5.74) is 1.12. The fraction of sp³-hybridized carbons (Fsp3) is 0.526. The molecule has 24 heavy (non-hydrogen) atoms. The SMILES string of the molecule is Cc1c(N2CCC(C)(C)CC2)oc2c(C(C)O)cc(F)cc2c1=O. The lowest BCUT2D eigenvalue weighted by atomic mass is 9.82. The predicted octanol–water partition coefficient (Wildman–Crippen LogP) is 3.92. The summed E-state index contributed by atoms with van der Waals surface area (Å²) < 4.78 is 19.8. The molecule has 0 saturated carbocycles. The zero-order valence-corrected chi connectivity index (χ0v) is 14.6. The van der Waals surface area contributed by atoms with E-state index >= 15 is 0 Å². The minimum absolute atomic E-state index is 0.185. The number of hydrogen-bond acceptors (Lipinski definition) is 4. The predicted molar refractivity (Wildman–Crippen MR) is 93.0 cm³/mol.